The van der Waals surface area contributed by atoms with Crippen LogP contribution in [-0.4, -0.2) is 5.78 Å². The van der Waals surface area contributed by atoms with Gasteiger partial charge in [0.05, 0.1) is 15.5 Å². The van der Waals surface area contributed by atoms with Crippen molar-refractivity contribution in [3.05, 3.63) is 68.7 Å². The molecule has 114 valence electrons. The van der Waals surface area contributed by atoms with Crippen molar-refractivity contribution in [2.75, 3.05) is 0 Å². The largest absolute Gasteiger partial charge is 0.298 e. The van der Waals surface area contributed by atoms with E-state index in [0.29, 0.717) is 21.5 Å². The maximum Gasteiger partial charge on any atom is 0.147 e. The van der Waals surface area contributed by atoms with Crippen molar-refractivity contribution in [2.24, 2.45) is 0 Å². The Bertz CT molecular complexity index is 703. The summed E-state index contributed by atoms with van der Waals surface area (Å²) in [6.45, 7) is 0. The molecule has 0 atom stereocenters. The average Bonchev–Trinajstić information content (AvgIpc) is 2.44. The molecule has 4 heteroatoms. The molecule has 0 spiro atoms. The first-order chi connectivity index (χ1) is 10.5. The van der Waals surface area contributed by atoms with Gasteiger partial charge in [-0.05, 0) is 48.2 Å². The summed E-state index contributed by atoms with van der Waals surface area (Å²) in [4.78, 5) is 12.9. The Hall–Kier alpha value is -1.02. The van der Waals surface area contributed by atoms with Crippen molar-refractivity contribution >= 4 is 40.6 Å². The van der Waals surface area contributed by atoms with Crippen LogP contribution in [0, 0.1) is 0 Å². The molecule has 1 aliphatic rings. The fraction of sp³-hybridized carbons (Fsp3) is 0.278. The van der Waals surface area contributed by atoms with Crippen molar-refractivity contribution in [3.63, 3.8) is 0 Å². The molecule has 0 unspecified atom stereocenters. The predicted molar refractivity (Wildman–Crippen MR) is 92.2 cm³/mol. The molecule has 0 bridgehead atoms. The molecular weight excluding hydrogens is 339 g/mol. The summed E-state index contributed by atoms with van der Waals surface area (Å²) >= 11 is 18.0. The van der Waals surface area contributed by atoms with Gasteiger partial charge in [0.1, 0.15) is 5.78 Å². The number of hydrogen-bond donors (Lipinski definition) is 0. The van der Waals surface area contributed by atoms with Gasteiger partial charge < -0.3 is 0 Å². The molecule has 1 saturated carbocycles. The molecule has 0 heterocycles. The van der Waals surface area contributed by atoms with Crippen LogP contribution < -0.4 is 0 Å². The van der Waals surface area contributed by atoms with E-state index >= 15 is 0 Å². The molecule has 3 rings (SSSR count). The highest BCUT2D eigenvalue weighted by atomic mass is 35.5. The summed E-state index contributed by atoms with van der Waals surface area (Å²) in [6.07, 6.45) is 3.22. The summed E-state index contributed by atoms with van der Waals surface area (Å²) < 4.78 is 0. The van der Waals surface area contributed by atoms with E-state index in [-0.39, 0.29) is 5.78 Å². The monoisotopic (exact) mass is 352 g/mol. The third-order valence-corrected chi connectivity index (χ3v) is 5.48. The van der Waals surface area contributed by atoms with Crippen LogP contribution in [0.25, 0.3) is 0 Å². The second-order valence-electron chi connectivity index (χ2n) is 5.79. The standard InChI is InChI=1S/C18H15Cl3O/c19-14-5-2-12(3-6-14)10-17(22)18(8-1-9-18)13-4-7-15(20)16(21)11-13/h2-7,11H,1,8-10H2. The Morgan fingerprint density at radius 2 is 1.64 bits per heavy atom. The first kappa shape index (κ1) is 15.9. The van der Waals surface area contributed by atoms with Crippen LogP contribution in [0.1, 0.15) is 30.4 Å². The molecule has 0 saturated heterocycles. The molecule has 0 amide bonds. The smallest absolute Gasteiger partial charge is 0.147 e. The van der Waals surface area contributed by atoms with Gasteiger partial charge >= 0.3 is 0 Å². The molecule has 0 radical (unpaired) electrons. The van der Waals surface area contributed by atoms with Crippen LogP contribution in [0.2, 0.25) is 15.1 Å². The maximum absolute atomic E-state index is 12.9. The van der Waals surface area contributed by atoms with Gasteiger partial charge in [-0.1, -0.05) is 59.4 Å². The molecule has 0 aliphatic heterocycles. The molecule has 1 fully saturated rings. The fourth-order valence-electron chi connectivity index (χ4n) is 3.01. The normalized spacial score (nSPS) is 16.1. The number of ketones is 1. The minimum atomic E-state index is -0.409. The second-order valence-corrected chi connectivity index (χ2v) is 7.04. The van der Waals surface area contributed by atoms with Gasteiger partial charge in [0, 0.05) is 11.4 Å². The third-order valence-electron chi connectivity index (χ3n) is 4.49. The van der Waals surface area contributed by atoms with Crippen LogP contribution in [0.15, 0.2) is 42.5 Å². The molecule has 2 aromatic rings. The van der Waals surface area contributed by atoms with E-state index in [1.165, 1.54) is 0 Å². The zero-order chi connectivity index (χ0) is 15.7. The topological polar surface area (TPSA) is 17.1 Å². The summed E-state index contributed by atoms with van der Waals surface area (Å²) in [6, 6.07) is 13.0. The van der Waals surface area contributed by atoms with Crippen LogP contribution in [0.5, 0.6) is 0 Å². The first-order valence-corrected chi connectivity index (χ1v) is 8.38. The number of halogens is 3. The molecule has 1 nitrogen and oxygen atoms in total. The van der Waals surface area contributed by atoms with Gasteiger partial charge in [0.2, 0.25) is 0 Å². The van der Waals surface area contributed by atoms with Crippen molar-refractivity contribution in [2.45, 2.75) is 31.1 Å². The van der Waals surface area contributed by atoms with Gasteiger partial charge in [0.15, 0.2) is 0 Å². The van der Waals surface area contributed by atoms with Crippen molar-refractivity contribution < 1.29 is 4.79 Å². The van der Waals surface area contributed by atoms with Gasteiger partial charge in [0.25, 0.3) is 0 Å². The van der Waals surface area contributed by atoms with E-state index in [9.17, 15) is 4.79 Å². The quantitative estimate of drug-likeness (QED) is 0.670. The lowest BCUT2D eigenvalue weighted by atomic mass is 9.61. The fourth-order valence-corrected chi connectivity index (χ4v) is 3.43. The zero-order valence-electron chi connectivity index (χ0n) is 11.9. The minimum absolute atomic E-state index is 0.236. The number of benzene rings is 2. The number of carbonyl (C=O) groups is 1. The number of hydrogen-bond acceptors (Lipinski definition) is 1. The summed E-state index contributed by atoms with van der Waals surface area (Å²) in [5.41, 5.74) is 1.56. The van der Waals surface area contributed by atoms with Gasteiger partial charge in [-0.3, -0.25) is 4.79 Å². The van der Waals surface area contributed by atoms with E-state index < -0.39 is 5.41 Å². The Kier molecular flexibility index (Phi) is 4.49. The third kappa shape index (κ3) is 2.90. The molecule has 0 aromatic heterocycles. The predicted octanol–water partition coefficient (Wildman–Crippen LogP) is 5.88. The maximum atomic E-state index is 12.9. The van der Waals surface area contributed by atoms with E-state index in [0.717, 1.165) is 30.4 Å². The number of carbonyl (C=O) groups excluding carboxylic acids is 1. The van der Waals surface area contributed by atoms with E-state index in [2.05, 4.69) is 0 Å². The molecule has 2 aromatic carbocycles. The summed E-state index contributed by atoms with van der Waals surface area (Å²) in [7, 11) is 0. The number of Topliss-reactive ketones (excluding diaryl/α,β-unsaturated/α-hetero) is 1. The Balaban J connectivity index is 1.87. The minimum Gasteiger partial charge on any atom is -0.298 e. The van der Waals surface area contributed by atoms with E-state index in [4.69, 9.17) is 34.8 Å². The second kappa shape index (κ2) is 6.23. The summed E-state index contributed by atoms with van der Waals surface area (Å²) in [5.74, 6) is 0.236. The molecule has 0 N–H and O–H groups in total. The van der Waals surface area contributed by atoms with Crippen LogP contribution in [0.4, 0.5) is 0 Å². The molecule has 22 heavy (non-hydrogen) atoms. The molecular formula is C18H15Cl3O. The van der Waals surface area contributed by atoms with Gasteiger partial charge in [-0.2, -0.15) is 0 Å². The lowest BCUT2D eigenvalue weighted by Gasteiger charge is -2.41. The highest BCUT2D eigenvalue weighted by molar-refractivity contribution is 6.42. The van der Waals surface area contributed by atoms with Crippen molar-refractivity contribution in [1.82, 2.24) is 0 Å². The lowest BCUT2D eigenvalue weighted by Crippen LogP contribution is -2.43. The zero-order valence-corrected chi connectivity index (χ0v) is 14.2. The highest BCUT2D eigenvalue weighted by Gasteiger charge is 2.45. The van der Waals surface area contributed by atoms with Gasteiger partial charge in [-0.25, -0.2) is 0 Å². The van der Waals surface area contributed by atoms with Crippen LogP contribution in [-0.2, 0) is 16.6 Å². The van der Waals surface area contributed by atoms with Crippen LogP contribution in [0.3, 0.4) is 0 Å². The highest BCUT2D eigenvalue weighted by Crippen LogP contribution is 2.46. The van der Waals surface area contributed by atoms with E-state index in [1.807, 2.05) is 36.4 Å². The summed E-state index contributed by atoms with van der Waals surface area (Å²) in [5, 5.41) is 1.70. The Morgan fingerprint density at radius 1 is 0.955 bits per heavy atom. The van der Waals surface area contributed by atoms with Gasteiger partial charge in [-0.15, -0.1) is 0 Å². The number of rotatable bonds is 4. The van der Waals surface area contributed by atoms with Crippen LogP contribution >= 0.6 is 34.8 Å². The lowest BCUT2D eigenvalue weighted by molar-refractivity contribution is -0.127. The Labute approximate surface area is 145 Å². The average molecular weight is 354 g/mol. The van der Waals surface area contributed by atoms with Crippen molar-refractivity contribution in [3.8, 4) is 0 Å². The SMILES string of the molecule is O=C(Cc1ccc(Cl)cc1)C1(c2ccc(Cl)c(Cl)c2)CCC1. The Morgan fingerprint density at radius 3 is 2.18 bits per heavy atom. The van der Waals surface area contributed by atoms with E-state index in [1.54, 1.807) is 6.07 Å². The molecule has 1 aliphatic carbocycles. The van der Waals surface area contributed by atoms with Crippen molar-refractivity contribution in [1.29, 1.82) is 0 Å². The first-order valence-electron chi connectivity index (χ1n) is 7.24.